The highest BCUT2D eigenvalue weighted by molar-refractivity contribution is 5.74. The summed E-state index contributed by atoms with van der Waals surface area (Å²) in [5, 5.41) is 3.00. The second kappa shape index (κ2) is 9.56. The van der Waals surface area contributed by atoms with Gasteiger partial charge in [-0.25, -0.2) is 14.8 Å². The monoisotopic (exact) mass is 347 g/mol. The third-order valence-corrected chi connectivity index (χ3v) is 4.90. The van der Waals surface area contributed by atoms with E-state index >= 15 is 0 Å². The lowest BCUT2D eigenvalue weighted by Crippen LogP contribution is -2.52. The van der Waals surface area contributed by atoms with Crippen LogP contribution in [-0.2, 0) is 4.74 Å². The van der Waals surface area contributed by atoms with Gasteiger partial charge in [0, 0.05) is 51.7 Å². The van der Waals surface area contributed by atoms with Gasteiger partial charge < -0.3 is 19.9 Å². The number of nitrogens with zero attached hydrogens (tertiary/aromatic N) is 4. The molecule has 138 valence electrons. The lowest BCUT2D eigenvalue weighted by Gasteiger charge is -2.34. The molecule has 2 heterocycles. The first-order chi connectivity index (χ1) is 12.3. The fourth-order valence-electron chi connectivity index (χ4n) is 3.43. The quantitative estimate of drug-likeness (QED) is 0.798. The predicted octanol–water partition coefficient (Wildman–Crippen LogP) is 2.05. The van der Waals surface area contributed by atoms with Gasteiger partial charge in [0.25, 0.3) is 0 Å². The summed E-state index contributed by atoms with van der Waals surface area (Å²) < 4.78 is 5.89. The molecule has 1 saturated heterocycles. The zero-order valence-corrected chi connectivity index (χ0v) is 14.9. The first-order valence-electron chi connectivity index (χ1n) is 9.49. The summed E-state index contributed by atoms with van der Waals surface area (Å²) in [6, 6.07) is 1.83. The summed E-state index contributed by atoms with van der Waals surface area (Å²) in [6.45, 7) is 4.34. The van der Waals surface area contributed by atoms with Crippen LogP contribution in [-0.4, -0.2) is 66.3 Å². The van der Waals surface area contributed by atoms with Gasteiger partial charge >= 0.3 is 6.03 Å². The number of rotatable bonds is 6. The van der Waals surface area contributed by atoms with E-state index in [4.69, 9.17) is 4.74 Å². The van der Waals surface area contributed by atoms with Gasteiger partial charge in [-0.2, -0.15) is 0 Å². The third kappa shape index (κ3) is 5.56. The summed E-state index contributed by atoms with van der Waals surface area (Å²) in [4.78, 5) is 24.7. The van der Waals surface area contributed by atoms with Crippen LogP contribution in [0.5, 0.6) is 0 Å². The highest BCUT2D eigenvalue weighted by atomic mass is 16.5. The number of hydrogen-bond acceptors (Lipinski definition) is 5. The minimum absolute atomic E-state index is 0.0197. The van der Waals surface area contributed by atoms with E-state index in [0.717, 1.165) is 32.1 Å². The lowest BCUT2D eigenvalue weighted by molar-refractivity contribution is 0.0274. The lowest BCUT2D eigenvalue weighted by atomic mass is 9.98. The minimum Gasteiger partial charge on any atom is -0.378 e. The summed E-state index contributed by atoms with van der Waals surface area (Å²) in [6.07, 6.45) is 11.1. The molecule has 0 unspecified atom stereocenters. The number of urea groups is 1. The van der Waals surface area contributed by atoms with Crippen molar-refractivity contribution in [1.82, 2.24) is 20.2 Å². The minimum atomic E-state index is 0.0197. The predicted molar refractivity (Wildman–Crippen MR) is 96.7 cm³/mol. The van der Waals surface area contributed by atoms with Crippen LogP contribution in [0.2, 0.25) is 0 Å². The van der Waals surface area contributed by atoms with E-state index < -0.39 is 0 Å². The fourth-order valence-corrected chi connectivity index (χ4v) is 3.43. The van der Waals surface area contributed by atoms with Crippen LogP contribution in [0.3, 0.4) is 0 Å². The van der Waals surface area contributed by atoms with E-state index in [2.05, 4.69) is 20.2 Å². The number of carbonyl (C=O) groups excluding carboxylic acids is 1. The van der Waals surface area contributed by atoms with Crippen molar-refractivity contribution in [3.63, 3.8) is 0 Å². The molecule has 7 heteroatoms. The summed E-state index contributed by atoms with van der Waals surface area (Å²) in [7, 11) is 0. The molecular weight excluding hydrogens is 318 g/mol. The molecule has 3 rings (SSSR count). The van der Waals surface area contributed by atoms with E-state index in [1.807, 2.05) is 11.0 Å². The molecular formula is C18H29N5O2. The van der Waals surface area contributed by atoms with Gasteiger partial charge in [0.2, 0.25) is 5.95 Å². The maximum atomic E-state index is 12.2. The van der Waals surface area contributed by atoms with E-state index in [0.29, 0.717) is 25.7 Å². The van der Waals surface area contributed by atoms with Crippen LogP contribution >= 0.6 is 0 Å². The Labute approximate surface area is 149 Å². The van der Waals surface area contributed by atoms with E-state index in [1.54, 1.807) is 12.4 Å². The number of aromatic nitrogens is 2. The van der Waals surface area contributed by atoms with Gasteiger partial charge in [0.05, 0.1) is 6.10 Å². The molecule has 0 aromatic carbocycles. The van der Waals surface area contributed by atoms with Gasteiger partial charge in [0.1, 0.15) is 0 Å². The largest absolute Gasteiger partial charge is 0.378 e. The molecule has 7 nitrogen and oxygen atoms in total. The van der Waals surface area contributed by atoms with Crippen molar-refractivity contribution < 1.29 is 9.53 Å². The van der Waals surface area contributed by atoms with Gasteiger partial charge in [-0.1, -0.05) is 19.3 Å². The van der Waals surface area contributed by atoms with Crippen molar-refractivity contribution in [3.8, 4) is 0 Å². The molecule has 2 fully saturated rings. The average molecular weight is 347 g/mol. The smallest absolute Gasteiger partial charge is 0.317 e. The second-order valence-electron chi connectivity index (χ2n) is 6.74. The summed E-state index contributed by atoms with van der Waals surface area (Å²) >= 11 is 0. The van der Waals surface area contributed by atoms with Crippen LogP contribution in [0.15, 0.2) is 18.5 Å². The Morgan fingerprint density at radius 3 is 2.56 bits per heavy atom. The topological polar surface area (TPSA) is 70.6 Å². The van der Waals surface area contributed by atoms with E-state index in [1.165, 1.54) is 32.1 Å². The second-order valence-corrected chi connectivity index (χ2v) is 6.74. The maximum absolute atomic E-state index is 12.2. The van der Waals surface area contributed by atoms with Gasteiger partial charge in [-0.05, 0) is 25.3 Å². The molecule has 1 aromatic rings. The van der Waals surface area contributed by atoms with Crippen molar-refractivity contribution in [2.75, 3.05) is 44.2 Å². The molecule has 0 spiro atoms. The van der Waals surface area contributed by atoms with Crippen molar-refractivity contribution in [1.29, 1.82) is 0 Å². The van der Waals surface area contributed by atoms with Gasteiger partial charge in [-0.15, -0.1) is 0 Å². The SMILES string of the molecule is O=C(NCCCOC1CCCCC1)N1CCN(c2ncccn2)CC1. The van der Waals surface area contributed by atoms with Crippen molar-refractivity contribution in [2.45, 2.75) is 44.6 Å². The zero-order chi connectivity index (χ0) is 17.3. The standard InChI is InChI=1S/C18H29N5O2/c24-18(21-10-5-15-25-16-6-2-1-3-7-16)23-13-11-22(12-14-23)17-19-8-4-9-20-17/h4,8-9,16H,1-3,5-7,10-15H2,(H,21,24). The molecule has 2 aliphatic rings. The zero-order valence-electron chi connectivity index (χ0n) is 14.9. The third-order valence-electron chi connectivity index (χ3n) is 4.90. The number of piperazine rings is 1. The van der Waals surface area contributed by atoms with Crippen LogP contribution in [0.25, 0.3) is 0 Å². The molecule has 25 heavy (non-hydrogen) atoms. The Morgan fingerprint density at radius 2 is 1.84 bits per heavy atom. The Balaban J connectivity index is 1.28. The molecule has 0 bridgehead atoms. The van der Waals surface area contributed by atoms with Crippen molar-refractivity contribution in [2.24, 2.45) is 0 Å². The maximum Gasteiger partial charge on any atom is 0.317 e. The van der Waals surface area contributed by atoms with Crippen molar-refractivity contribution >= 4 is 12.0 Å². The number of anilines is 1. The number of amides is 2. The van der Waals surface area contributed by atoms with Crippen LogP contribution in [0.1, 0.15) is 38.5 Å². The molecule has 1 aromatic heterocycles. The molecule has 0 atom stereocenters. The number of ether oxygens (including phenoxy) is 1. The number of hydrogen-bond donors (Lipinski definition) is 1. The Kier molecular flexibility index (Phi) is 6.85. The molecule has 0 radical (unpaired) electrons. The summed E-state index contributed by atoms with van der Waals surface area (Å²) in [5.41, 5.74) is 0. The normalized spacial score (nSPS) is 19.0. The van der Waals surface area contributed by atoms with Crippen LogP contribution < -0.4 is 10.2 Å². The molecule has 1 saturated carbocycles. The molecule has 2 amide bonds. The highest BCUT2D eigenvalue weighted by Crippen LogP contribution is 2.20. The Hall–Kier alpha value is -1.89. The van der Waals surface area contributed by atoms with Crippen molar-refractivity contribution in [3.05, 3.63) is 18.5 Å². The van der Waals surface area contributed by atoms with E-state index in [9.17, 15) is 4.79 Å². The molecule has 1 aliphatic heterocycles. The molecule has 1 aliphatic carbocycles. The van der Waals surface area contributed by atoms with Crippen LogP contribution in [0.4, 0.5) is 10.7 Å². The van der Waals surface area contributed by atoms with Gasteiger partial charge in [-0.3, -0.25) is 0 Å². The number of nitrogens with one attached hydrogen (secondary N) is 1. The number of carbonyl (C=O) groups is 1. The first kappa shape index (κ1) is 17.9. The summed E-state index contributed by atoms with van der Waals surface area (Å²) in [5.74, 6) is 0.738. The van der Waals surface area contributed by atoms with Crippen LogP contribution in [0, 0.1) is 0 Å². The molecule has 1 N–H and O–H groups in total. The Morgan fingerprint density at radius 1 is 1.12 bits per heavy atom. The first-order valence-corrected chi connectivity index (χ1v) is 9.49. The average Bonchev–Trinajstić information content (AvgIpc) is 2.69. The van der Waals surface area contributed by atoms with E-state index in [-0.39, 0.29) is 6.03 Å². The Bertz CT molecular complexity index is 513. The highest BCUT2D eigenvalue weighted by Gasteiger charge is 2.22. The fraction of sp³-hybridized carbons (Fsp3) is 0.722. The van der Waals surface area contributed by atoms with Gasteiger partial charge in [0.15, 0.2) is 0 Å².